The Morgan fingerprint density at radius 1 is 1.11 bits per heavy atom. The molecule has 0 aliphatic heterocycles. The van der Waals surface area contributed by atoms with Crippen molar-refractivity contribution in [3.05, 3.63) is 53.9 Å². The van der Waals surface area contributed by atoms with Gasteiger partial charge in [-0.25, -0.2) is 8.78 Å². The molecule has 1 aromatic heterocycles. The maximum absolute atomic E-state index is 13.8. The molecule has 0 aliphatic rings. The number of pyridine rings is 1. The van der Waals surface area contributed by atoms with E-state index in [4.69, 9.17) is 0 Å². The van der Waals surface area contributed by atoms with E-state index >= 15 is 0 Å². The Balaban J connectivity index is 2.30. The highest BCUT2D eigenvalue weighted by Gasteiger charge is 2.10. The van der Waals surface area contributed by atoms with Gasteiger partial charge < -0.3 is 5.32 Å². The van der Waals surface area contributed by atoms with E-state index in [-0.39, 0.29) is 11.1 Å². The largest absolute Gasteiger partial charge is 0.313 e. The van der Waals surface area contributed by atoms with Crippen LogP contribution in [-0.4, -0.2) is 11.5 Å². The molecule has 1 N–H and O–H groups in total. The summed E-state index contributed by atoms with van der Waals surface area (Å²) < 4.78 is 27.5. The minimum Gasteiger partial charge on any atom is -0.313 e. The molecule has 0 amide bonds. The predicted octanol–water partition coefficient (Wildman–Crippen LogP) is 3.53. The molecule has 0 saturated heterocycles. The number of benzene rings is 1. The molecule has 100 valence electrons. The maximum atomic E-state index is 13.8. The molecule has 2 nitrogen and oxygen atoms in total. The van der Waals surface area contributed by atoms with E-state index in [0.717, 1.165) is 24.7 Å². The fraction of sp³-hybridized carbons (Fsp3) is 0.267. The second-order valence-corrected chi connectivity index (χ2v) is 4.35. The molecular weight excluding hydrogens is 246 g/mol. The van der Waals surface area contributed by atoms with Crippen LogP contribution in [0.25, 0.3) is 11.1 Å². The van der Waals surface area contributed by atoms with E-state index in [2.05, 4.69) is 17.2 Å². The van der Waals surface area contributed by atoms with Crippen LogP contribution in [0.3, 0.4) is 0 Å². The highest BCUT2D eigenvalue weighted by Crippen LogP contribution is 2.25. The van der Waals surface area contributed by atoms with Crippen molar-refractivity contribution in [2.24, 2.45) is 0 Å². The third-order valence-corrected chi connectivity index (χ3v) is 2.85. The highest BCUT2D eigenvalue weighted by atomic mass is 19.1. The summed E-state index contributed by atoms with van der Waals surface area (Å²) in [6.07, 6.45) is 3.59. The lowest BCUT2D eigenvalue weighted by Crippen LogP contribution is -2.13. The van der Waals surface area contributed by atoms with Gasteiger partial charge in [0.2, 0.25) is 0 Å². The quantitative estimate of drug-likeness (QED) is 0.834. The summed E-state index contributed by atoms with van der Waals surface area (Å²) in [5, 5.41) is 3.24. The molecule has 0 radical (unpaired) electrons. The van der Waals surface area contributed by atoms with Gasteiger partial charge in [-0.3, -0.25) is 4.98 Å². The van der Waals surface area contributed by atoms with Gasteiger partial charge in [0.25, 0.3) is 0 Å². The standard InChI is InChI=1S/C15H16F2N2/c1-2-6-18-9-11-3-4-14(16)13(8-11)12-5-7-19-10-15(12)17/h3-5,7-8,10,18H,2,6,9H2,1H3. The van der Waals surface area contributed by atoms with Gasteiger partial charge in [-0.05, 0) is 36.7 Å². The van der Waals surface area contributed by atoms with E-state index < -0.39 is 11.6 Å². The summed E-state index contributed by atoms with van der Waals surface area (Å²) >= 11 is 0. The first-order chi connectivity index (χ1) is 9.22. The van der Waals surface area contributed by atoms with Gasteiger partial charge in [0, 0.05) is 23.9 Å². The van der Waals surface area contributed by atoms with Gasteiger partial charge in [0.05, 0.1) is 6.20 Å². The average molecular weight is 262 g/mol. The fourth-order valence-electron chi connectivity index (χ4n) is 1.89. The number of hydrogen-bond donors (Lipinski definition) is 1. The molecule has 0 atom stereocenters. The number of halogens is 2. The SMILES string of the molecule is CCCNCc1ccc(F)c(-c2ccncc2F)c1. The van der Waals surface area contributed by atoms with Crippen molar-refractivity contribution < 1.29 is 8.78 Å². The lowest BCUT2D eigenvalue weighted by Gasteiger charge is -2.08. The van der Waals surface area contributed by atoms with Crippen molar-refractivity contribution >= 4 is 0 Å². The van der Waals surface area contributed by atoms with Crippen LogP contribution in [0.15, 0.2) is 36.7 Å². The topological polar surface area (TPSA) is 24.9 Å². The molecule has 0 fully saturated rings. The van der Waals surface area contributed by atoms with Crippen molar-refractivity contribution in [2.45, 2.75) is 19.9 Å². The Morgan fingerprint density at radius 3 is 2.68 bits per heavy atom. The molecule has 0 unspecified atom stereocenters. The minimum atomic E-state index is -0.514. The van der Waals surface area contributed by atoms with Gasteiger partial charge in [0.1, 0.15) is 11.6 Å². The van der Waals surface area contributed by atoms with Crippen molar-refractivity contribution in [1.82, 2.24) is 10.3 Å². The smallest absolute Gasteiger partial charge is 0.149 e. The third kappa shape index (κ3) is 3.35. The average Bonchev–Trinajstić information content (AvgIpc) is 2.42. The van der Waals surface area contributed by atoms with E-state index in [9.17, 15) is 8.78 Å². The van der Waals surface area contributed by atoms with Crippen LogP contribution in [0, 0.1) is 11.6 Å². The van der Waals surface area contributed by atoms with Crippen molar-refractivity contribution in [3.8, 4) is 11.1 Å². The Labute approximate surface area is 111 Å². The lowest BCUT2D eigenvalue weighted by molar-refractivity contribution is 0.611. The first-order valence-electron chi connectivity index (χ1n) is 6.31. The Bertz CT molecular complexity index is 556. The summed E-state index contributed by atoms with van der Waals surface area (Å²) in [4.78, 5) is 3.67. The Morgan fingerprint density at radius 2 is 1.95 bits per heavy atom. The van der Waals surface area contributed by atoms with Gasteiger partial charge in [-0.2, -0.15) is 0 Å². The molecule has 1 aromatic carbocycles. The molecule has 19 heavy (non-hydrogen) atoms. The molecule has 0 bridgehead atoms. The first kappa shape index (κ1) is 13.6. The molecule has 0 aliphatic carbocycles. The monoisotopic (exact) mass is 262 g/mol. The summed E-state index contributed by atoms with van der Waals surface area (Å²) in [6, 6.07) is 6.24. The number of nitrogens with zero attached hydrogens (tertiary/aromatic N) is 1. The van der Waals surface area contributed by atoms with Gasteiger partial charge in [0.15, 0.2) is 0 Å². The van der Waals surface area contributed by atoms with Crippen molar-refractivity contribution in [1.29, 1.82) is 0 Å². The summed E-state index contributed by atoms with van der Waals surface area (Å²) in [5.74, 6) is -0.940. The molecule has 4 heteroatoms. The van der Waals surface area contributed by atoms with E-state index in [1.165, 1.54) is 18.3 Å². The predicted molar refractivity (Wildman–Crippen MR) is 71.6 cm³/mol. The Hall–Kier alpha value is -1.81. The van der Waals surface area contributed by atoms with Crippen LogP contribution in [0.1, 0.15) is 18.9 Å². The lowest BCUT2D eigenvalue weighted by atomic mass is 10.0. The molecular formula is C15H16F2N2. The van der Waals surface area contributed by atoms with Gasteiger partial charge in [-0.1, -0.05) is 13.0 Å². The van der Waals surface area contributed by atoms with E-state index in [1.54, 1.807) is 12.1 Å². The Kier molecular flexibility index (Phi) is 4.58. The second kappa shape index (κ2) is 6.38. The zero-order valence-corrected chi connectivity index (χ0v) is 10.8. The van der Waals surface area contributed by atoms with Crippen LogP contribution < -0.4 is 5.32 Å². The van der Waals surface area contributed by atoms with E-state index in [1.807, 2.05) is 0 Å². The van der Waals surface area contributed by atoms with Crippen molar-refractivity contribution in [2.75, 3.05) is 6.54 Å². The number of nitrogens with one attached hydrogen (secondary N) is 1. The third-order valence-electron chi connectivity index (χ3n) is 2.85. The van der Waals surface area contributed by atoms with Crippen LogP contribution >= 0.6 is 0 Å². The van der Waals surface area contributed by atoms with Crippen LogP contribution in [-0.2, 0) is 6.54 Å². The first-order valence-corrected chi connectivity index (χ1v) is 6.31. The van der Waals surface area contributed by atoms with Crippen LogP contribution in [0.4, 0.5) is 8.78 Å². The summed E-state index contributed by atoms with van der Waals surface area (Å²) in [7, 11) is 0. The number of aromatic nitrogens is 1. The fourth-order valence-corrected chi connectivity index (χ4v) is 1.89. The zero-order valence-electron chi connectivity index (χ0n) is 10.8. The zero-order chi connectivity index (χ0) is 13.7. The van der Waals surface area contributed by atoms with Crippen LogP contribution in [0.2, 0.25) is 0 Å². The minimum absolute atomic E-state index is 0.241. The maximum Gasteiger partial charge on any atom is 0.149 e. The molecule has 0 saturated carbocycles. The van der Waals surface area contributed by atoms with Gasteiger partial charge in [-0.15, -0.1) is 0 Å². The summed E-state index contributed by atoms with van der Waals surface area (Å²) in [5.41, 5.74) is 1.45. The second-order valence-electron chi connectivity index (χ2n) is 4.35. The normalized spacial score (nSPS) is 10.7. The molecule has 2 rings (SSSR count). The molecule has 2 aromatic rings. The molecule has 0 spiro atoms. The summed E-state index contributed by atoms with van der Waals surface area (Å²) in [6.45, 7) is 3.62. The number of rotatable bonds is 5. The molecule has 1 heterocycles. The van der Waals surface area contributed by atoms with Crippen LogP contribution in [0.5, 0.6) is 0 Å². The van der Waals surface area contributed by atoms with Crippen molar-refractivity contribution in [3.63, 3.8) is 0 Å². The van der Waals surface area contributed by atoms with Gasteiger partial charge >= 0.3 is 0 Å². The number of hydrogen-bond acceptors (Lipinski definition) is 2. The highest BCUT2D eigenvalue weighted by molar-refractivity contribution is 5.65. The van der Waals surface area contributed by atoms with E-state index in [0.29, 0.717) is 6.54 Å².